The van der Waals surface area contributed by atoms with Crippen LogP contribution in [0.5, 0.6) is 0 Å². The number of nitrogens with zero attached hydrogens (tertiary/aromatic N) is 4. The van der Waals surface area contributed by atoms with E-state index in [-0.39, 0.29) is 12.0 Å². The maximum absolute atomic E-state index is 12.3. The molecule has 8 nitrogen and oxygen atoms in total. The van der Waals surface area contributed by atoms with Gasteiger partial charge in [-0.25, -0.2) is 0 Å². The van der Waals surface area contributed by atoms with Crippen molar-refractivity contribution >= 4 is 17.6 Å². The first kappa shape index (κ1) is 22.8. The number of carbonyl (C=O) groups is 1. The Labute approximate surface area is 184 Å². The zero-order valence-electron chi connectivity index (χ0n) is 19.2. The summed E-state index contributed by atoms with van der Waals surface area (Å²) in [5.41, 5.74) is 4.14. The van der Waals surface area contributed by atoms with E-state index in [0.717, 1.165) is 42.3 Å². The molecule has 1 atom stereocenters. The molecular formula is C23H34N6O2. The molecule has 0 bridgehead atoms. The molecule has 1 aliphatic heterocycles. The van der Waals surface area contributed by atoms with Crippen molar-refractivity contribution in [1.29, 1.82) is 0 Å². The molecule has 8 heteroatoms. The van der Waals surface area contributed by atoms with Gasteiger partial charge in [-0.15, -0.1) is 0 Å². The second-order valence-electron chi connectivity index (χ2n) is 8.32. The first-order valence-electron chi connectivity index (χ1n) is 10.8. The number of benzene rings is 1. The molecule has 168 valence electrons. The van der Waals surface area contributed by atoms with Crippen LogP contribution in [0.1, 0.15) is 49.4 Å². The third kappa shape index (κ3) is 6.07. The molecule has 31 heavy (non-hydrogen) atoms. The monoisotopic (exact) mass is 426 g/mol. The van der Waals surface area contributed by atoms with Gasteiger partial charge in [-0.05, 0) is 36.5 Å². The highest BCUT2D eigenvalue weighted by molar-refractivity contribution is 5.94. The van der Waals surface area contributed by atoms with E-state index in [0.29, 0.717) is 19.1 Å². The minimum absolute atomic E-state index is 0.0735. The average molecular weight is 427 g/mol. The van der Waals surface area contributed by atoms with E-state index < -0.39 is 0 Å². The Kier molecular flexibility index (Phi) is 7.68. The van der Waals surface area contributed by atoms with E-state index in [1.807, 2.05) is 43.0 Å². The molecule has 2 heterocycles. The summed E-state index contributed by atoms with van der Waals surface area (Å²) in [5, 5.41) is 11.0. The summed E-state index contributed by atoms with van der Waals surface area (Å²) < 4.78 is 7.33. The molecule has 1 unspecified atom stereocenters. The largest absolute Gasteiger partial charge is 0.368 e. The molecule has 1 aliphatic rings. The summed E-state index contributed by atoms with van der Waals surface area (Å²) in [6.07, 6.45) is 3.45. The van der Waals surface area contributed by atoms with Crippen LogP contribution in [0.15, 0.2) is 35.5 Å². The number of aromatic nitrogens is 2. The minimum Gasteiger partial charge on any atom is -0.368 e. The highest BCUT2D eigenvalue weighted by Crippen LogP contribution is 2.19. The van der Waals surface area contributed by atoms with Gasteiger partial charge in [0.05, 0.1) is 5.69 Å². The highest BCUT2D eigenvalue weighted by Gasteiger charge is 2.23. The summed E-state index contributed by atoms with van der Waals surface area (Å²) in [6.45, 7) is 6.29. The summed E-state index contributed by atoms with van der Waals surface area (Å²) >= 11 is 0. The van der Waals surface area contributed by atoms with E-state index in [1.165, 1.54) is 5.56 Å². The predicted octanol–water partition coefficient (Wildman–Crippen LogP) is 2.87. The summed E-state index contributed by atoms with van der Waals surface area (Å²) in [6, 6.07) is 7.84. The Hall–Kier alpha value is -2.87. The van der Waals surface area contributed by atoms with Gasteiger partial charge in [0.1, 0.15) is 6.10 Å². The lowest BCUT2D eigenvalue weighted by Crippen LogP contribution is -2.38. The summed E-state index contributed by atoms with van der Waals surface area (Å²) in [7, 11) is 5.75. The number of aryl methyl sites for hydroxylation is 1. The first-order chi connectivity index (χ1) is 14.9. The van der Waals surface area contributed by atoms with Crippen LogP contribution in [0, 0.1) is 0 Å². The minimum atomic E-state index is -0.336. The van der Waals surface area contributed by atoms with Crippen molar-refractivity contribution in [2.75, 3.05) is 26.0 Å². The van der Waals surface area contributed by atoms with E-state index in [9.17, 15) is 4.79 Å². The third-order valence-corrected chi connectivity index (χ3v) is 5.33. The second kappa shape index (κ2) is 10.4. The van der Waals surface area contributed by atoms with Gasteiger partial charge in [0.2, 0.25) is 0 Å². The molecule has 0 radical (unpaired) electrons. The Bertz CT molecular complexity index is 915. The van der Waals surface area contributed by atoms with Crippen molar-refractivity contribution in [3.05, 3.63) is 47.3 Å². The maximum Gasteiger partial charge on any atom is 0.253 e. The number of hydrogen-bond acceptors (Lipinski definition) is 4. The average Bonchev–Trinajstić information content (AvgIpc) is 3.39. The number of ether oxygens (including phenoxy) is 1. The Morgan fingerprint density at radius 3 is 2.90 bits per heavy atom. The van der Waals surface area contributed by atoms with Crippen LogP contribution in [0.4, 0.5) is 5.69 Å². The highest BCUT2D eigenvalue weighted by atomic mass is 16.5. The number of rotatable bonds is 7. The van der Waals surface area contributed by atoms with Crippen LogP contribution >= 0.6 is 0 Å². The summed E-state index contributed by atoms with van der Waals surface area (Å²) in [4.78, 5) is 18.8. The lowest BCUT2D eigenvalue weighted by Gasteiger charge is -2.22. The van der Waals surface area contributed by atoms with Gasteiger partial charge in [0.15, 0.2) is 5.96 Å². The molecule has 1 amide bonds. The van der Waals surface area contributed by atoms with Gasteiger partial charge in [-0.3, -0.25) is 14.5 Å². The van der Waals surface area contributed by atoms with Gasteiger partial charge in [-0.2, -0.15) is 5.10 Å². The van der Waals surface area contributed by atoms with Crippen molar-refractivity contribution in [2.45, 2.75) is 51.8 Å². The lowest BCUT2D eigenvalue weighted by atomic mass is 10.1. The van der Waals surface area contributed by atoms with Crippen LogP contribution in [0.2, 0.25) is 0 Å². The van der Waals surface area contributed by atoms with E-state index in [4.69, 9.17) is 4.74 Å². The van der Waals surface area contributed by atoms with Gasteiger partial charge in [-0.1, -0.05) is 26.0 Å². The predicted molar refractivity (Wildman–Crippen MR) is 123 cm³/mol. The normalized spacial score (nSPS) is 16.6. The van der Waals surface area contributed by atoms with Gasteiger partial charge >= 0.3 is 0 Å². The number of carbonyl (C=O) groups excluding carboxylic acids is 1. The molecule has 1 fully saturated rings. The second-order valence-corrected chi connectivity index (χ2v) is 8.32. The molecule has 0 aliphatic carbocycles. The smallest absolute Gasteiger partial charge is 0.253 e. The number of anilines is 1. The molecule has 1 saturated heterocycles. The van der Waals surface area contributed by atoms with Gasteiger partial charge < -0.3 is 20.3 Å². The molecule has 1 aromatic carbocycles. The molecular weight excluding hydrogens is 392 g/mol. The lowest BCUT2D eigenvalue weighted by molar-refractivity contribution is -0.124. The third-order valence-electron chi connectivity index (χ3n) is 5.33. The zero-order chi connectivity index (χ0) is 22.4. The van der Waals surface area contributed by atoms with Crippen molar-refractivity contribution < 1.29 is 9.53 Å². The zero-order valence-corrected chi connectivity index (χ0v) is 19.2. The van der Waals surface area contributed by atoms with Crippen LogP contribution < -0.4 is 10.6 Å². The standard InChI is InChI=1S/C23H34N6O2/c1-16(2)21-18(15-29(5)27-21)14-28(4)23(24-3)25-13-17-8-6-9-19(12-17)26-22(30)20-10-7-11-31-20/h6,8-9,12,15-16,20H,7,10-11,13-14H2,1-5H3,(H,24,25)(H,26,30). The van der Waals surface area contributed by atoms with Gasteiger partial charge in [0.25, 0.3) is 5.91 Å². The Morgan fingerprint density at radius 1 is 1.42 bits per heavy atom. The molecule has 2 N–H and O–H groups in total. The molecule has 2 aromatic rings. The number of guanidine groups is 1. The quantitative estimate of drug-likeness (QED) is 0.525. The molecule has 1 aromatic heterocycles. The first-order valence-corrected chi connectivity index (χ1v) is 10.8. The maximum atomic E-state index is 12.3. The van der Waals surface area contributed by atoms with Crippen molar-refractivity contribution in [3.8, 4) is 0 Å². The molecule has 0 saturated carbocycles. The number of nitrogens with one attached hydrogen (secondary N) is 2. The van der Waals surface area contributed by atoms with Crippen molar-refractivity contribution in [1.82, 2.24) is 20.0 Å². The summed E-state index contributed by atoms with van der Waals surface area (Å²) in [5.74, 6) is 1.09. The van der Waals surface area contributed by atoms with Crippen LogP contribution in [0.25, 0.3) is 0 Å². The number of amides is 1. The topological polar surface area (TPSA) is 83.8 Å². The van der Waals surface area contributed by atoms with Crippen LogP contribution in [-0.4, -0.2) is 53.4 Å². The van der Waals surface area contributed by atoms with Crippen LogP contribution in [-0.2, 0) is 29.7 Å². The van der Waals surface area contributed by atoms with E-state index in [1.54, 1.807) is 7.05 Å². The fourth-order valence-corrected chi connectivity index (χ4v) is 3.83. The van der Waals surface area contributed by atoms with Crippen molar-refractivity contribution in [2.24, 2.45) is 12.0 Å². The number of aliphatic imine (C=N–C) groups is 1. The van der Waals surface area contributed by atoms with Crippen LogP contribution in [0.3, 0.4) is 0 Å². The Morgan fingerprint density at radius 2 is 2.23 bits per heavy atom. The fourth-order valence-electron chi connectivity index (χ4n) is 3.83. The SMILES string of the molecule is CN=C(NCc1cccc(NC(=O)C2CCCO2)c1)N(C)Cc1cn(C)nc1C(C)C. The van der Waals surface area contributed by atoms with Gasteiger partial charge in [0, 0.05) is 58.3 Å². The van der Waals surface area contributed by atoms with Crippen molar-refractivity contribution in [3.63, 3.8) is 0 Å². The number of hydrogen-bond donors (Lipinski definition) is 2. The molecule has 0 spiro atoms. The Balaban J connectivity index is 1.58. The fraction of sp³-hybridized carbons (Fsp3) is 0.522. The molecule has 3 rings (SSSR count). The van der Waals surface area contributed by atoms with E-state index >= 15 is 0 Å². The van der Waals surface area contributed by atoms with E-state index in [2.05, 4.69) is 45.7 Å².